The average molecular weight is 548 g/mol. The first-order valence-electron chi connectivity index (χ1n) is 15.5. The summed E-state index contributed by atoms with van der Waals surface area (Å²) in [6.07, 6.45) is 9.70. The number of furan rings is 1. The summed E-state index contributed by atoms with van der Waals surface area (Å²) in [4.78, 5) is 29.1. The maximum Gasteiger partial charge on any atom is 0.338 e. The number of unbranched alkanes of at least 4 members (excludes halogenated alkanes) is 3. The van der Waals surface area contributed by atoms with Crippen LogP contribution in [0.2, 0.25) is 0 Å². The fourth-order valence-corrected chi connectivity index (χ4v) is 4.94. The smallest absolute Gasteiger partial charge is 0.338 e. The van der Waals surface area contributed by atoms with Crippen LogP contribution in [-0.2, 0) is 17.6 Å². The van der Waals surface area contributed by atoms with Gasteiger partial charge in [0.15, 0.2) is 5.78 Å². The predicted molar refractivity (Wildman–Crippen MR) is 164 cm³/mol. The van der Waals surface area contributed by atoms with Gasteiger partial charge >= 0.3 is 5.97 Å². The standard InChI is InChI=1S/C35H49NO4/c1-6-9-14-32-33(30-24-29(19-20-31(30)40-32)35(38)39-25-26(4)5)34(37)28-17-15-27(16-18-28)13-12-23-36(21-10-7-2)22-11-8-3/h15-20,24,26H,6-14,21-23,25H2,1-5H3. The minimum absolute atomic E-state index is 0.0607. The van der Waals surface area contributed by atoms with Crippen molar-refractivity contribution in [1.82, 2.24) is 4.90 Å². The van der Waals surface area contributed by atoms with E-state index in [0.717, 1.165) is 32.2 Å². The summed E-state index contributed by atoms with van der Waals surface area (Å²) < 4.78 is 11.6. The van der Waals surface area contributed by atoms with Crippen molar-refractivity contribution >= 4 is 22.7 Å². The molecule has 0 spiro atoms. The molecule has 0 saturated carbocycles. The average Bonchev–Trinajstić information content (AvgIpc) is 3.33. The third-order valence-corrected chi connectivity index (χ3v) is 7.34. The van der Waals surface area contributed by atoms with Gasteiger partial charge in [-0.25, -0.2) is 4.79 Å². The number of ether oxygens (including phenoxy) is 1. The molecule has 0 fully saturated rings. The van der Waals surface area contributed by atoms with Crippen molar-refractivity contribution in [3.05, 3.63) is 70.5 Å². The molecule has 2 aromatic carbocycles. The molecule has 0 bridgehead atoms. The van der Waals surface area contributed by atoms with Crippen LogP contribution in [0.5, 0.6) is 0 Å². The number of fused-ring (bicyclic) bond motifs is 1. The molecule has 3 rings (SSSR count). The van der Waals surface area contributed by atoms with Crippen LogP contribution >= 0.6 is 0 Å². The first-order chi connectivity index (χ1) is 19.4. The third-order valence-electron chi connectivity index (χ3n) is 7.34. The topological polar surface area (TPSA) is 59.8 Å². The lowest BCUT2D eigenvalue weighted by Crippen LogP contribution is -2.27. The Bertz CT molecular complexity index is 1200. The number of rotatable bonds is 18. The van der Waals surface area contributed by atoms with Gasteiger partial charge in [-0.15, -0.1) is 0 Å². The van der Waals surface area contributed by atoms with Crippen molar-refractivity contribution in [1.29, 1.82) is 0 Å². The number of hydrogen-bond acceptors (Lipinski definition) is 5. The number of nitrogens with zero attached hydrogens (tertiary/aromatic N) is 1. The number of hydrogen-bond donors (Lipinski definition) is 0. The molecule has 0 atom stereocenters. The summed E-state index contributed by atoms with van der Waals surface area (Å²) in [7, 11) is 0. The third kappa shape index (κ3) is 9.05. The van der Waals surface area contributed by atoms with Crippen LogP contribution in [0.4, 0.5) is 0 Å². The zero-order valence-electron chi connectivity index (χ0n) is 25.4. The molecule has 0 aliphatic heterocycles. The number of carbonyl (C=O) groups is 2. The minimum atomic E-state index is -0.377. The van der Waals surface area contributed by atoms with Gasteiger partial charge in [-0.3, -0.25) is 4.79 Å². The summed E-state index contributed by atoms with van der Waals surface area (Å²) in [5, 5.41) is 0.679. The van der Waals surface area contributed by atoms with Gasteiger partial charge in [-0.2, -0.15) is 0 Å². The van der Waals surface area contributed by atoms with Gasteiger partial charge in [0.25, 0.3) is 0 Å². The van der Waals surface area contributed by atoms with Crippen molar-refractivity contribution < 1.29 is 18.7 Å². The van der Waals surface area contributed by atoms with E-state index in [0.29, 0.717) is 46.4 Å². The Morgan fingerprint density at radius 3 is 2.05 bits per heavy atom. The molecule has 5 nitrogen and oxygen atoms in total. The molecular formula is C35H49NO4. The largest absolute Gasteiger partial charge is 0.462 e. The molecule has 0 aliphatic carbocycles. The zero-order valence-corrected chi connectivity index (χ0v) is 25.4. The summed E-state index contributed by atoms with van der Waals surface area (Å²) in [6, 6.07) is 13.3. The van der Waals surface area contributed by atoms with Gasteiger partial charge in [0, 0.05) is 17.4 Å². The van der Waals surface area contributed by atoms with Crippen LogP contribution in [0, 0.1) is 5.92 Å². The molecule has 0 amide bonds. The number of benzene rings is 2. The van der Waals surface area contributed by atoms with Crippen LogP contribution < -0.4 is 0 Å². The van der Waals surface area contributed by atoms with E-state index >= 15 is 0 Å². The zero-order chi connectivity index (χ0) is 28.9. The Balaban J connectivity index is 1.77. The molecule has 0 aliphatic rings. The molecule has 40 heavy (non-hydrogen) atoms. The fourth-order valence-electron chi connectivity index (χ4n) is 4.94. The van der Waals surface area contributed by atoms with Crippen LogP contribution in [0.25, 0.3) is 11.0 Å². The van der Waals surface area contributed by atoms with E-state index in [1.165, 1.54) is 44.3 Å². The summed E-state index contributed by atoms with van der Waals surface area (Å²) in [5.74, 6) is 0.508. The molecule has 0 radical (unpaired) electrons. The summed E-state index contributed by atoms with van der Waals surface area (Å²) in [6.45, 7) is 14.5. The molecule has 0 unspecified atom stereocenters. The Hall–Kier alpha value is -2.92. The monoisotopic (exact) mass is 547 g/mol. The van der Waals surface area contributed by atoms with Crippen LogP contribution in [0.3, 0.4) is 0 Å². The highest BCUT2D eigenvalue weighted by Crippen LogP contribution is 2.31. The first-order valence-corrected chi connectivity index (χ1v) is 15.5. The van der Waals surface area contributed by atoms with Crippen molar-refractivity contribution in [2.45, 2.75) is 92.4 Å². The van der Waals surface area contributed by atoms with Gasteiger partial charge in [-0.1, -0.05) is 78.1 Å². The van der Waals surface area contributed by atoms with Crippen LogP contribution in [-0.4, -0.2) is 42.9 Å². The van der Waals surface area contributed by atoms with Gasteiger partial charge in [0.05, 0.1) is 17.7 Å². The van der Waals surface area contributed by atoms with Crippen molar-refractivity contribution in [2.75, 3.05) is 26.2 Å². The number of aryl methyl sites for hydroxylation is 2. The highest BCUT2D eigenvalue weighted by molar-refractivity contribution is 6.17. The number of esters is 1. The number of carbonyl (C=O) groups excluding carboxylic acids is 2. The van der Waals surface area contributed by atoms with Crippen LogP contribution in [0.1, 0.15) is 117 Å². The highest BCUT2D eigenvalue weighted by atomic mass is 16.5. The van der Waals surface area contributed by atoms with Gasteiger partial charge < -0.3 is 14.1 Å². The minimum Gasteiger partial charge on any atom is -0.462 e. The Morgan fingerprint density at radius 1 is 0.800 bits per heavy atom. The van der Waals surface area contributed by atoms with E-state index in [2.05, 4.69) is 37.8 Å². The predicted octanol–water partition coefficient (Wildman–Crippen LogP) is 8.65. The molecule has 1 aromatic heterocycles. The van der Waals surface area contributed by atoms with Crippen molar-refractivity contribution in [3.63, 3.8) is 0 Å². The molecule has 0 N–H and O–H groups in total. The molecule has 5 heteroatoms. The second-order valence-electron chi connectivity index (χ2n) is 11.4. The van der Waals surface area contributed by atoms with E-state index in [9.17, 15) is 9.59 Å². The normalized spacial score (nSPS) is 11.6. The van der Waals surface area contributed by atoms with Gasteiger partial charge in [-0.05, 0) is 81.4 Å². The highest BCUT2D eigenvalue weighted by Gasteiger charge is 2.23. The molecular weight excluding hydrogens is 498 g/mol. The molecule has 218 valence electrons. The molecule has 1 heterocycles. The van der Waals surface area contributed by atoms with Gasteiger partial charge in [0.1, 0.15) is 11.3 Å². The fraction of sp³-hybridized carbons (Fsp3) is 0.543. The Morgan fingerprint density at radius 2 is 1.43 bits per heavy atom. The van der Waals surface area contributed by atoms with E-state index in [-0.39, 0.29) is 17.7 Å². The second kappa shape index (κ2) is 16.4. The maximum atomic E-state index is 13.8. The number of ketones is 1. The lowest BCUT2D eigenvalue weighted by molar-refractivity contribution is 0.0459. The van der Waals surface area contributed by atoms with Crippen LogP contribution in [0.15, 0.2) is 46.9 Å². The van der Waals surface area contributed by atoms with Crippen molar-refractivity contribution in [3.8, 4) is 0 Å². The quantitative estimate of drug-likeness (QED) is 0.118. The summed E-state index contributed by atoms with van der Waals surface area (Å²) in [5.41, 5.74) is 3.53. The lowest BCUT2D eigenvalue weighted by Gasteiger charge is -2.21. The van der Waals surface area contributed by atoms with E-state index in [1.54, 1.807) is 18.2 Å². The summed E-state index contributed by atoms with van der Waals surface area (Å²) >= 11 is 0. The second-order valence-corrected chi connectivity index (χ2v) is 11.4. The maximum absolute atomic E-state index is 13.8. The van der Waals surface area contributed by atoms with Crippen molar-refractivity contribution in [2.24, 2.45) is 5.92 Å². The van der Waals surface area contributed by atoms with E-state index < -0.39 is 0 Å². The molecule has 3 aromatic rings. The first kappa shape index (κ1) is 31.6. The van der Waals surface area contributed by atoms with E-state index in [1.807, 2.05) is 26.0 Å². The Kier molecular flexibility index (Phi) is 12.9. The Labute approximate surface area is 241 Å². The lowest BCUT2D eigenvalue weighted by atomic mass is 9.96. The van der Waals surface area contributed by atoms with Gasteiger partial charge in [0.2, 0.25) is 0 Å². The molecule has 0 saturated heterocycles. The SMILES string of the molecule is CCCCc1oc2ccc(C(=O)OCC(C)C)cc2c1C(=O)c1ccc(CCCN(CCCC)CCCC)cc1. The van der Waals surface area contributed by atoms with E-state index in [4.69, 9.17) is 9.15 Å².